The van der Waals surface area contributed by atoms with Gasteiger partial charge >= 0.3 is 5.97 Å². The van der Waals surface area contributed by atoms with Crippen LogP contribution in [-0.2, 0) is 9.53 Å². The minimum atomic E-state index is -0.436. The van der Waals surface area contributed by atoms with Gasteiger partial charge < -0.3 is 4.74 Å². The Hall–Kier alpha value is -2.16. The van der Waals surface area contributed by atoms with Crippen molar-refractivity contribution in [3.8, 4) is 0 Å². The molecule has 5 rings (SSSR count). The molecule has 0 spiro atoms. The standard InChI is InChI=1S/C29H37NO2/c1-27(2,3)26(31)32-21-12-14-28(4)20(17-21)8-9-22-24-11-10-23(19-7-6-16-30-18-19)29(24,5)15-13-25(22)28/h6-8,10-11,16,18,21-22,25H,9,12-15,17H2,1-5H3/t21-,22?,25?,28-,29+/m0/s1. The molecule has 3 nitrogen and oxygen atoms in total. The molecule has 0 radical (unpaired) electrons. The number of fused-ring (bicyclic) bond motifs is 5. The van der Waals surface area contributed by atoms with E-state index >= 15 is 0 Å². The van der Waals surface area contributed by atoms with Crippen LogP contribution >= 0.6 is 0 Å². The van der Waals surface area contributed by atoms with E-state index in [0.717, 1.165) is 25.7 Å². The summed E-state index contributed by atoms with van der Waals surface area (Å²) in [6, 6.07) is 4.25. The topological polar surface area (TPSA) is 39.2 Å². The van der Waals surface area contributed by atoms with Crippen molar-refractivity contribution in [3.63, 3.8) is 0 Å². The predicted molar refractivity (Wildman–Crippen MR) is 129 cm³/mol. The molecule has 32 heavy (non-hydrogen) atoms. The number of hydrogen-bond acceptors (Lipinski definition) is 3. The third-order valence-electron chi connectivity index (χ3n) is 8.96. The third kappa shape index (κ3) is 3.31. The van der Waals surface area contributed by atoms with Gasteiger partial charge in [-0.25, -0.2) is 0 Å². The fraction of sp³-hybridized carbons (Fsp3) is 0.586. The second-order valence-electron chi connectivity index (χ2n) is 11.9. The van der Waals surface area contributed by atoms with E-state index in [4.69, 9.17) is 4.74 Å². The number of esters is 1. The van der Waals surface area contributed by atoms with Crippen molar-refractivity contribution in [2.24, 2.45) is 28.1 Å². The summed E-state index contributed by atoms with van der Waals surface area (Å²) in [5, 5.41) is 0. The van der Waals surface area contributed by atoms with Crippen LogP contribution in [0.15, 0.2) is 53.9 Å². The van der Waals surface area contributed by atoms with Gasteiger partial charge in [-0.05, 0) is 87.3 Å². The maximum absolute atomic E-state index is 12.4. The van der Waals surface area contributed by atoms with Gasteiger partial charge in [-0.3, -0.25) is 9.78 Å². The maximum atomic E-state index is 12.4. The van der Waals surface area contributed by atoms with E-state index in [0.29, 0.717) is 11.8 Å². The second kappa shape index (κ2) is 7.43. The van der Waals surface area contributed by atoms with Crippen LogP contribution in [0.3, 0.4) is 0 Å². The molecule has 0 saturated heterocycles. The smallest absolute Gasteiger partial charge is 0.311 e. The van der Waals surface area contributed by atoms with E-state index in [-0.39, 0.29) is 22.9 Å². The molecular weight excluding hydrogens is 394 g/mol. The SMILES string of the molecule is CC(C)(C)C(=O)O[C@H]1CC[C@@]2(C)C(=CCC3C4=CC=C(c5cccnc5)[C@@]4(C)CCC32)C1. The molecule has 4 aliphatic rings. The average Bonchev–Trinajstić information content (AvgIpc) is 3.11. The number of nitrogens with zero attached hydrogens (tertiary/aromatic N) is 1. The first-order chi connectivity index (χ1) is 15.1. The van der Waals surface area contributed by atoms with Crippen molar-refractivity contribution in [3.05, 3.63) is 59.5 Å². The number of rotatable bonds is 2. The van der Waals surface area contributed by atoms with Gasteiger partial charge in [-0.2, -0.15) is 0 Å². The van der Waals surface area contributed by atoms with Gasteiger partial charge in [0.05, 0.1) is 5.41 Å². The molecule has 0 amide bonds. The Kier molecular flexibility index (Phi) is 5.03. The highest BCUT2D eigenvalue weighted by atomic mass is 16.5. The van der Waals surface area contributed by atoms with E-state index in [1.807, 2.05) is 39.2 Å². The zero-order chi connectivity index (χ0) is 22.7. The summed E-state index contributed by atoms with van der Waals surface area (Å²) >= 11 is 0. The lowest BCUT2D eigenvalue weighted by Gasteiger charge is -2.56. The molecule has 5 atom stereocenters. The Bertz CT molecular complexity index is 1010. The summed E-state index contributed by atoms with van der Waals surface area (Å²) in [5.41, 5.74) is 5.80. The minimum Gasteiger partial charge on any atom is -0.462 e. The fourth-order valence-electron chi connectivity index (χ4n) is 7.00. The lowest BCUT2D eigenvalue weighted by Crippen LogP contribution is -2.47. The monoisotopic (exact) mass is 431 g/mol. The molecule has 2 saturated carbocycles. The molecule has 1 aromatic heterocycles. The van der Waals surface area contributed by atoms with Gasteiger partial charge in [0, 0.05) is 24.2 Å². The van der Waals surface area contributed by atoms with E-state index in [2.05, 4.69) is 43.1 Å². The Balaban J connectivity index is 1.37. The van der Waals surface area contributed by atoms with Gasteiger partial charge in [-0.1, -0.05) is 49.3 Å². The number of aromatic nitrogens is 1. The van der Waals surface area contributed by atoms with Crippen molar-refractivity contribution in [2.75, 3.05) is 0 Å². The Labute approximate surface area is 193 Å². The third-order valence-corrected chi connectivity index (χ3v) is 8.96. The van der Waals surface area contributed by atoms with Crippen molar-refractivity contribution in [1.29, 1.82) is 0 Å². The summed E-state index contributed by atoms with van der Waals surface area (Å²) in [6.45, 7) is 10.8. The molecule has 1 heterocycles. The molecule has 1 aromatic rings. The zero-order valence-corrected chi connectivity index (χ0v) is 20.3. The van der Waals surface area contributed by atoms with Crippen LogP contribution in [0, 0.1) is 28.1 Å². The lowest BCUT2D eigenvalue weighted by atomic mass is 9.49. The highest BCUT2D eigenvalue weighted by molar-refractivity contribution is 5.78. The quantitative estimate of drug-likeness (QED) is 0.377. The maximum Gasteiger partial charge on any atom is 0.311 e. The first-order valence-electron chi connectivity index (χ1n) is 12.4. The first-order valence-corrected chi connectivity index (χ1v) is 12.4. The van der Waals surface area contributed by atoms with Crippen molar-refractivity contribution in [2.45, 2.75) is 79.2 Å². The van der Waals surface area contributed by atoms with Crippen LogP contribution in [0.25, 0.3) is 5.57 Å². The highest BCUT2D eigenvalue weighted by Crippen LogP contribution is 2.64. The fourth-order valence-corrected chi connectivity index (χ4v) is 7.00. The van der Waals surface area contributed by atoms with Crippen LogP contribution in [-0.4, -0.2) is 17.1 Å². The summed E-state index contributed by atoms with van der Waals surface area (Å²) in [4.78, 5) is 16.8. The van der Waals surface area contributed by atoms with Crippen LogP contribution in [0.1, 0.15) is 78.7 Å². The van der Waals surface area contributed by atoms with E-state index in [9.17, 15) is 4.79 Å². The highest BCUT2D eigenvalue weighted by Gasteiger charge is 2.54. The van der Waals surface area contributed by atoms with Crippen molar-refractivity contribution in [1.82, 2.24) is 4.98 Å². The Morgan fingerprint density at radius 1 is 1.16 bits per heavy atom. The molecule has 0 N–H and O–H groups in total. The Morgan fingerprint density at radius 3 is 2.69 bits per heavy atom. The summed E-state index contributed by atoms with van der Waals surface area (Å²) in [7, 11) is 0. The number of pyridine rings is 1. The summed E-state index contributed by atoms with van der Waals surface area (Å²) in [5.74, 6) is 1.23. The normalized spacial score (nSPS) is 36.2. The zero-order valence-electron chi connectivity index (χ0n) is 20.3. The van der Waals surface area contributed by atoms with Crippen LogP contribution in [0.2, 0.25) is 0 Å². The predicted octanol–water partition coefficient (Wildman–Crippen LogP) is 6.92. The minimum absolute atomic E-state index is 0.0380. The first kappa shape index (κ1) is 21.7. The molecular formula is C29H37NO2. The summed E-state index contributed by atoms with van der Waals surface area (Å²) < 4.78 is 5.93. The van der Waals surface area contributed by atoms with E-state index < -0.39 is 5.41 Å². The average molecular weight is 432 g/mol. The number of hydrogen-bond donors (Lipinski definition) is 0. The molecule has 3 heteroatoms. The van der Waals surface area contributed by atoms with Gasteiger partial charge in [0.1, 0.15) is 6.10 Å². The van der Waals surface area contributed by atoms with Crippen LogP contribution < -0.4 is 0 Å². The summed E-state index contributed by atoms with van der Waals surface area (Å²) in [6.07, 6.45) is 17.8. The van der Waals surface area contributed by atoms with Crippen LogP contribution in [0.4, 0.5) is 0 Å². The van der Waals surface area contributed by atoms with Crippen molar-refractivity contribution >= 4 is 11.5 Å². The van der Waals surface area contributed by atoms with Gasteiger partial charge in [0.15, 0.2) is 0 Å². The molecule has 2 unspecified atom stereocenters. The molecule has 4 aliphatic carbocycles. The van der Waals surface area contributed by atoms with Crippen LogP contribution in [0.5, 0.6) is 0 Å². The molecule has 0 bridgehead atoms. The van der Waals surface area contributed by atoms with Gasteiger partial charge in [0.25, 0.3) is 0 Å². The van der Waals surface area contributed by atoms with Gasteiger partial charge in [-0.15, -0.1) is 0 Å². The number of ether oxygens (including phenoxy) is 1. The largest absolute Gasteiger partial charge is 0.462 e. The Morgan fingerprint density at radius 2 is 1.97 bits per heavy atom. The van der Waals surface area contributed by atoms with E-state index in [1.165, 1.54) is 24.0 Å². The van der Waals surface area contributed by atoms with Crippen molar-refractivity contribution < 1.29 is 9.53 Å². The molecule has 170 valence electrons. The number of carbonyl (C=O) groups excluding carboxylic acids is 1. The lowest BCUT2D eigenvalue weighted by molar-refractivity contribution is -0.160. The molecule has 2 fully saturated rings. The number of allylic oxidation sites excluding steroid dienone is 5. The second-order valence-corrected chi connectivity index (χ2v) is 11.9. The molecule has 0 aromatic carbocycles. The number of carbonyl (C=O) groups is 1. The van der Waals surface area contributed by atoms with E-state index in [1.54, 1.807) is 11.1 Å². The molecule has 0 aliphatic heterocycles. The van der Waals surface area contributed by atoms with Gasteiger partial charge in [0.2, 0.25) is 0 Å².